The second-order valence-corrected chi connectivity index (χ2v) is 6.78. The lowest BCUT2D eigenvalue weighted by Gasteiger charge is -2.21. The van der Waals surface area contributed by atoms with E-state index in [2.05, 4.69) is 15.3 Å². The number of nitrogens with zero attached hydrogens (tertiary/aromatic N) is 1. The minimum atomic E-state index is -0.510. The molecule has 2 heterocycles. The van der Waals surface area contributed by atoms with Crippen LogP contribution in [0.5, 0.6) is 0 Å². The Hall–Kier alpha value is -2.15. The number of H-pyrrole nitrogens is 1. The molecule has 2 amide bonds. The topological polar surface area (TPSA) is 101 Å². The van der Waals surface area contributed by atoms with Crippen molar-refractivity contribution in [2.24, 2.45) is 11.1 Å². The van der Waals surface area contributed by atoms with E-state index in [-0.39, 0.29) is 11.3 Å². The van der Waals surface area contributed by atoms with Gasteiger partial charge in [0.05, 0.1) is 5.69 Å². The zero-order valence-corrected chi connectivity index (χ0v) is 13.1. The molecular formula is C15H18N4O2S. The van der Waals surface area contributed by atoms with Crippen molar-refractivity contribution in [2.75, 3.05) is 5.32 Å². The van der Waals surface area contributed by atoms with Crippen molar-refractivity contribution < 1.29 is 9.59 Å². The molecule has 0 aliphatic heterocycles. The lowest BCUT2D eigenvalue weighted by molar-refractivity contribution is -0.124. The Balaban J connectivity index is 1.73. The quantitative estimate of drug-likeness (QED) is 0.808. The summed E-state index contributed by atoms with van der Waals surface area (Å²) in [5, 5.41) is 5.34. The predicted molar refractivity (Wildman–Crippen MR) is 85.6 cm³/mol. The normalized spacial score (nSPS) is 16.6. The van der Waals surface area contributed by atoms with Gasteiger partial charge in [-0.25, -0.2) is 4.98 Å². The first-order chi connectivity index (χ1) is 10.5. The fourth-order valence-corrected chi connectivity index (χ4v) is 3.49. The molecule has 0 spiro atoms. The number of amides is 2. The van der Waals surface area contributed by atoms with E-state index in [9.17, 15) is 9.59 Å². The molecule has 2 aromatic heterocycles. The molecule has 6 nitrogen and oxygen atoms in total. The smallest absolute Gasteiger partial charge is 0.265 e. The fraction of sp³-hybridized carbons (Fsp3) is 0.400. The summed E-state index contributed by atoms with van der Waals surface area (Å²) < 4.78 is 0. The first-order valence-corrected chi connectivity index (χ1v) is 8.11. The van der Waals surface area contributed by atoms with Gasteiger partial charge >= 0.3 is 0 Å². The van der Waals surface area contributed by atoms with Gasteiger partial charge in [-0.1, -0.05) is 19.8 Å². The summed E-state index contributed by atoms with van der Waals surface area (Å²) >= 11 is 1.37. The number of aromatic nitrogens is 2. The number of aromatic amines is 1. The van der Waals surface area contributed by atoms with Crippen LogP contribution in [0.3, 0.4) is 0 Å². The van der Waals surface area contributed by atoms with E-state index in [1.807, 2.05) is 12.3 Å². The number of hydrogen-bond donors (Lipinski definition) is 3. The highest BCUT2D eigenvalue weighted by Crippen LogP contribution is 2.38. The number of nitrogens with one attached hydrogen (secondary N) is 2. The molecule has 0 bridgehead atoms. The monoisotopic (exact) mass is 318 g/mol. The van der Waals surface area contributed by atoms with E-state index >= 15 is 0 Å². The predicted octanol–water partition coefficient (Wildman–Crippen LogP) is 2.76. The third-order valence-corrected chi connectivity index (χ3v) is 4.98. The van der Waals surface area contributed by atoms with E-state index in [1.54, 1.807) is 12.3 Å². The van der Waals surface area contributed by atoms with E-state index in [4.69, 9.17) is 5.73 Å². The molecule has 1 aliphatic rings. The largest absolute Gasteiger partial charge is 0.364 e. The summed E-state index contributed by atoms with van der Waals surface area (Å²) in [6.45, 7) is 2.01. The van der Waals surface area contributed by atoms with E-state index in [0.717, 1.165) is 31.2 Å². The lowest BCUT2D eigenvalue weighted by Crippen LogP contribution is -2.30. The summed E-state index contributed by atoms with van der Waals surface area (Å²) in [4.78, 5) is 30.7. The van der Waals surface area contributed by atoms with Gasteiger partial charge in [0.1, 0.15) is 5.69 Å². The number of nitrogens with two attached hydrogens (primary N) is 1. The second kappa shape index (κ2) is 5.57. The zero-order chi connectivity index (χ0) is 15.7. The summed E-state index contributed by atoms with van der Waals surface area (Å²) in [5.74, 6) is -0.470. The SMILES string of the molecule is CC1(C(=O)Nc2nc(-c3c[nH]c(C(N)=O)c3)cs2)CCCC1. The molecular weight excluding hydrogens is 300 g/mol. The molecule has 2 aromatic rings. The van der Waals surface area contributed by atoms with Gasteiger partial charge in [-0.3, -0.25) is 9.59 Å². The number of thiazole rings is 1. The average molecular weight is 318 g/mol. The van der Waals surface area contributed by atoms with Crippen LogP contribution in [0, 0.1) is 5.41 Å². The molecule has 0 radical (unpaired) electrons. The van der Waals surface area contributed by atoms with Crippen LogP contribution < -0.4 is 11.1 Å². The standard InChI is InChI=1S/C15H18N4O2S/c1-15(4-2-3-5-15)13(21)19-14-18-11(8-22-14)9-6-10(12(16)20)17-7-9/h6-8,17H,2-5H2,1H3,(H2,16,20)(H,18,19,21). The highest BCUT2D eigenvalue weighted by atomic mass is 32.1. The van der Waals surface area contributed by atoms with Gasteiger partial charge in [0.2, 0.25) is 5.91 Å². The van der Waals surface area contributed by atoms with Crippen LogP contribution in [0.15, 0.2) is 17.6 Å². The highest BCUT2D eigenvalue weighted by Gasteiger charge is 2.36. The summed E-state index contributed by atoms with van der Waals surface area (Å²) in [5.41, 5.74) is 6.76. The molecule has 7 heteroatoms. The Morgan fingerprint density at radius 2 is 2.14 bits per heavy atom. The third-order valence-electron chi connectivity index (χ3n) is 4.22. The molecule has 1 saturated carbocycles. The number of anilines is 1. The van der Waals surface area contributed by atoms with Crippen LogP contribution >= 0.6 is 11.3 Å². The van der Waals surface area contributed by atoms with Crippen molar-refractivity contribution in [3.05, 3.63) is 23.3 Å². The summed E-state index contributed by atoms with van der Waals surface area (Å²) in [6.07, 6.45) is 5.74. The van der Waals surface area contributed by atoms with Crippen LogP contribution in [0.25, 0.3) is 11.3 Å². The Kier molecular flexibility index (Phi) is 3.74. The Morgan fingerprint density at radius 1 is 1.41 bits per heavy atom. The number of hydrogen-bond acceptors (Lipinski definition) is 4. The molecule has 3 rings (SSSR count). The molecule has 1 fully saturated rings. The molecule has 22 heavy (non-hydrogen) atoms. The Morgan fingerprint density at radius 3 is 2.77 bits per heavy atom. The maximum absolute atomic E-state index is 12.4. The molecule has 0 atom stereocenters. The number of carbonyl (C=O) groups is 2. The molecule has 0 saturated heterocycles. The number of rotatable bonds is 4. The Bertz CT molecular complexity index is 713. The second-order valence-electron chi connectivity index (χ2n) is 5.93. The molecule has 116 valence electrons. The molecule has 4 N–H and O–H groups in total. The zero-order valence-electron chi connectivity index (χ0n) is 12.3. The van der Waals surface area contributed by atoms with Gasteiger partial charge in [0.25, 0.3) is 5.91 Å². The number of primary amides is 1. The van der Waals surface area contributed by atoms with Gasteiger partial charge in [-0.05, 0) is 18.9 Å². The summed E-state index contributed by atoms with van der Waals surface area (Å²) in [6, 6.07) is 1.65. The van der Waals surface area contributed by atoms with Crippen LogP contribution in [-0.2, 0) is 4.79 Å². The van der Waals surface area contributed by atoms with Crippen LogP contribution in [0.4, 0.5) is 5.13 Å². The minimum absolute atomic E-state index is 0.0396. The minimum Gasteiger partial charge on any atom is -0.364 e. The van der Waals surface area contributed by atoms with E-state index in [1.165, 1.54) is 11.3 Å². The molecule has 0 unspecified atom stereocenters. The van der Waals surface area contributed by atoms with Gasteiger partial charge in [-0.15, -0.1) is 11.3 Å². The van der Waals surface area contributed by atoms with E-state index in [0.29, 0.717) is 16.5 Å². The van der Waals surface area contributed by atoms with Crippen molar-refractivity contribution in [1.29, 1.82) is 0 Å². The fourth-order valence-electron chi connectivity index (χ4n) is 2.78. The number of carbonyl (C=O) groups excluding carboxylic acids is 2. The maximum atomic E-state index is 12.4. The van der Waals surface area contributed by atoms with Crippen molar-refractivity contribution >= 4 is 28.3 Å². The summed E-state index contributed by atoms with van der Waals surface area (Å²) in [7, 11) is 0. The first-order valence-electron chi connectivity index (χ1n) is 7.23. The van der Waals surface area contributed by atoms with Crippen molar-refractivity contribution in [2.45, 2.75) is 32.6 Å². The average Bonchev–Trinajstić information content (AvgIpc) is 3.17. The van der Waals surface area contributed by atoms with Gasteiger partial charge in [0, 0.05) is 22.6 Å². The third kappa shape index (κ3) is 2.76. The van der Waals surface area contributed by atoms with Crippen LogP contribution in [0.2, 0.25) is 0 Å². The maximum Gasteiger partial charge on any atom is 0.265 e. The van der Waals surface area contributed by atoms with Crippen molar-refractivity contribution in [3.8, 4) is 11.3 Å². The van der Waals surface area contributed by atoms with Gasteiger partial charge < -0.3 is 16.0 Å². The van der Waals surface area contributed by atoms with Crippen molar-refractivity contribution in [3.63, 3.8) is 0 Å². The van der Waals surface area contributed by atoms with Crippen LogP contribution in [0.1, 0.15) is 43.1 Å². The molecule has 0 aromatic carbocycles. The lowest BCUT2D eigenvalue weighted by atomic mass is 9.88. The van der Waals surface area contributed by atoms with Gasteiger partial charge in [-0.2, -0.15) is 0 Å². The molecule has 1 aliphatic carbocycles. The first kappa shape index (κ1) is 14.8. The highest BCUT2D eigenvalue weighted by molar-refractivity contribution is 7.14. The Labute approximate surface area is 132 Å². The van der Waals surface area contributed by atoms with Crippen LogP contribution in [-0.4, -0.2) is 21.8 Å². The van der Waals surface area contributed by atoms with Crippen molar-refractivity contribution in [1.82, 2.24) is 9.97 Å². The van der Waals surface area contributed by atoms with Gasteiger partial charge in [0.15, 0.2) is 5.13 Å². The van der Waals surface area contributed by atoms with E-state index < -0.39 is 5.91 Å².